The zero-order chi connectivity index (χ0) is 14.7. The molecule has 6 heteroatoms. The number of hydrogen-bond donors (Lipinski definition) is 3. The van der Waals surface area contributed by atoms with E-state index >= 15 is 0 Å². The van der Waals surface area contributed by atoms with Gasteiger partial charge < -0.3 is 16.0 Å². The van der Waals surface area contributed by atoms with Gasteiger partial charge in [0.05, 0.1) is 16.6 Å². The summed E-state index contributed by atoms with van der Waals surface area (Å²) in [6.07, 6.45) is 0. The lowest BCUT2D eigenvalue weighted by atomic mass is 9.97. The summed E-state index contributed by atoms with van der Waals surface area (Å²) in [6, 6.07) is 5.04. The third-order valence-electron chi connectivity index (χ3n) is 3.40. The van der Waals surface area contributed by atoms with Crippen LogP contribution in [-0.4, -0.2) is 24.9 Å². The second-order valence-corrected chi connectivity index (χ2v) is 5.51. The molecule has 1 saturated heterocycles. The summed E-state index contributed by atoms with van der Waals surface area (Å²) in [4.78, 5) is 23.1. The van der Waals surface area contributed by atoms with Gasteiger partial charge in [0.15, 0.2) is 0 Å². The summed E-state index contributed by atoms with van der Waals surface area (Å²) in [5.74, 6) is 0.105. The highest BCUT2D eigenvalue weighted by atomic mass is 35.5. The summed E-state index contributed by atoms with van der Waals surface area (Å²) >= 11 is 6.07. The highest BCUT2D eigenvalue weighted by molar-refractivity contribution is 6.34. The molecule has 20 heavy (non-hydrogen) atoms. The minimum atomic E-state index is -0.186. The second-order valence-electron chi connectivity index (χ2n) is 5.11. The van der Waals surface area contributed by atoms with Gasteiger partial charge in [-0.05, 0) is 30.7 Å². The van der Waals surface area contributed by atoms with E-state index in [2.05, 4.69) is 22.9 Å². The van der Waals surface area contributed by atoms with Crippen molar-refractivity contribution in [2.24, 2.45) is 11.8 Å². The number of benzene rings is 1. The van der Waals surface area contributed by atoms with Crippen LogP contribution >= 0.6 is 11.6 Å². The van der Waals surface area contributed by atoms with Gasteiger partial charge in [0, 0.05) is 19.2 Å². The average molecular weight is 296 g/mol. The number of halogens is 1. The van der Waals surface area contributed by atoms with E-state index in [1.165, 1.54) is 6.92 Å². The summed E-state index contributed by atoms with van der Waals surface area (Å²) in [6.45, 7) is 5.03. The molecular weight excluding hydrogens is 278 g/mol. The molecule has 0 radical (unpaired) electrons. The first kappa shape index (κ1) is 14.8. The molecule has 0 bridgehead atoms. The van der Waals surface area contributed by atoms with Crippen molar-refractivity contribution in [2.75, 3.05) is 23.7 Å². The van der Waals surface area contributed by atoms with E-state index in [9.17, 15) is 9.59 Å². The Bertz CT molecular complexity index is 533. The molecule has 0 aliphatic carbocycles. The zero-order valence-electron chi connectivity index (χ0n) is 11.5. The first-order valence-corrected chi connectivity index (χ1v) is 6.94. The number of hydrogen-bond acceptors (Lipinski definition) is 3. The monoisotopic (exact) mass is 295 g/mol. The summed E-state index contributed by atoms with van der Waals surface area (Å²) in [7, 11) is 0. The standard InChI is InChI=1S/C14H18ClN3O2/c1-8-6-16-7-11(8)14(20)18-10-3-4-13(12(15)5-10)17-9(2)19/h3-5,8,11,16H,6-7H2,1-2H3,(H,17,19)(H,18,20)/t8-,11-/m1/s1. The molecule has 1 aromatic rings. The maximum Gasteiger partial charge on any atom is 0.229 e. The molecule has 1 fully saturated rings. The van der Waals surface area contributed by atoms with Crippen LogP contribution in [0.15, 0.2) is 18.2 Å². The van der Waals surface area contributed by atoms with Crippen LogP contribution in [0.2, 0.25) is 5.02 Å². The molecule has 0 spiro atoms. The van der Waals surface area contributed by atoms with Crippen LogP contribution in [-0.2, 0) is 9.59 Å². The van der Waals surface area contributed by atoms with Crippen LogP contribution in [0.25, 0.3) is 0 Å². The second kappa shape index (κ2) is 6.24. The van der Waals surface area contributed by atoms with Crippen molar-refractivity contribution < 1.29 is 9.59 Å². The van der Waals surface area contributed by atoms with Gasteiger partial charge in [0.1, 0.15) is 0 Å². The van der Waals surface area contributed by atoms with Gasteiger partial charge in [-0.2, -0.15) is 0 Å². The van der Waals surface area contributed by atoms with Gasteiger partial charge in [-0.1, -0.05) is 18.5 Å². The molecule has 3 N–H and O–H groups in total. The fourth-order valence-corrected chi connectivity index (χ4v) is 2.51. The maximum absolute atomic E-state index is 12.1. The molecule has 1 aliphatic rings. The van der Waals surface area contributed by atoms with Crippen molar-refractivity contribution in [1.29, 1.82) is 0 Å². The number of nitrogens with one attached hydrogen (secondary N) is 3. The molecule has 2 amide bonds. The van der Waals surface area contributed by atoms with E-state index in [4.69, 9.17) is 11.6 Å². The van der Waals surface area contributed by atoms with Crippen molar-refractivity contribution in [3.05, 3.63) is 23.2 Å². The number of carbonyl (C=O) groups excluding carboxylic acids is 2. The lowest BCUT2D eigenvalue weighted by molar-refractivity contribution is -0.120. The molecule has 1 aliphatic heterocycles. The predicted molar refractivity (Wildman–Crippen MR) is 79.9 cm³/mol. The topological polar surface area (TPSA) is 70.2 Å². The lowest BCUT2D eigenvalue weighted by Crippen LogP contribution is -2.27. The largest absolute Gasteiger partial charge is 0.326 e. The van der Waals surface area contributed by atoms with E-state index in [1.54, 1.807) is 18.2 Å². The van der Waals surface area contributed by atoms with Crippen LogP contribution in [0.1, 0.15) is 13.8 Å². The Morgan fingerprint density at radius 3 is 2.60 bits per heavy atom. The SMILES string of the molecule is CC(=O)Nc1ccc(NC(=O)[C@@H]2CNC[C@H]2C)cc1Cl. The Hall–Kier alpha value is -1.59. The summed E-state index contributed by atoms with van der Waals surface area (Å²) < 4.78 is 0. The van der Waals surface area contributed by atoms with Crippen LogP contribution in [0.3, 0.4) is 0 Å². The number of carbonyl (C=O) groups is 2. The Kier molecular flexibility index (Phi) is 4.62. The van der Waals surface area contributed by atoms with Crippen LogP contribution in [0.5, 0.6) is 0 Å². The normalized spacial score (nSPS) is 21.6. The first-order valence-electron chi connectivity index (χ1n) is 6.56. The van der Waals surface area contributed by atoms with Gasteiger partial charge in [0.2, 0.25) is 11.8 Å². The Morgan fingerprint density at radius 2 is 2.05 bits per heavy atom. The van der Waals surface area contributed by atoms with E-state index in [1.807, 2.05) is 0 Å². The predicted octanol–water partition coefficient (Wildman–Crippen LogP) is 2.09. The van der Waals surface area contributed by atoms with Crippen molar-refractivity contribution in [3.8, 4) is 0 Å². The fraction of sp³-hybridized carbons (Fsp3) is 0.429. The Balaban J connectivity index is 2.04. The quantitative estimate of drug-likeness (QED) is 0.800. The van der Waals surface area contributed by atoms with E-state index in [0.29, 0.717) is 28.9 Å². The fourth-order valence-electron chi connectivity index (χ4n) is 2.28. The summed E-state index contributed by atoms with van der Waals surface area (Å²) in [5, 5.41) is 9.08. The molecule has 108 valence electrons. The van der Waals surface area contributed by atoms with Crippen molar-refractivity contribution in [3.63, 3.8) is 0 Å². The van der Waals surface area contributed by atoms with Crippen molar-refractivity contribution in [2.45, 2.75) is 13.8 Å². The van der Waals surface area contributed by atoms with Crippen molar-refractivity contribution in [1.82, 2.24) is 5.32 Å². The molecule has 5 nitrogen and oxygen atoms in total. The number of rotatable bonds is 3. The van der Waals surface area contributed by atoms with Gasteiger partial charge in [0.25, 0.3) is 0 Å². The zero-order valence-corrected chi connectivity index (χ0v) is 12.3. The molecule has 0 saturated carbocycles. The van der Waals surface area contributed by atoms with Gasteiger partial charge >= 0.3 is 0 Å². The molecule has 2 rings (SSSR count). The Morgan fingerprint density at radius 1 is 1.30 bits per heavy atom. The highest BCUT2D eigenvalue weighted by Crippen LogP contribution is 2.26. The molecular formula is C14H18ClN3O2. The van der Waals surface area contributed by atoms with E-state index < -0.39 is 0 Å². The molecule has 0 aromatic heterocycles. The number of anilines is 2. The van der Waals surface area contributed by atoms with Gasteiger partial charge in [-0.3, -0.25) is 9.59 Å². The lowest BCUT2D eigenvalue weighted by Gasteiger charge is -2.15. The van der Waals surface area contributed by atoms with Gasteiger partial charge in [-0.25, -0.2) is 0 Å². The van der Waals surface area contributed by atoms with Crippen LogP contribution in [0, 0.1) is 11.8 Å². The Labute approximate surface area is 123 Å². The smallest absolute Gasteiger partial charge is 0.229 e. The highest BCUT2D eigenvalue weighted by Gasteiger charge is 2.29. The summed E-state index contributed by atoms with van der Waals surface area (Å²) in [5.41, 5.74) is 1.17. The van der Waals surface area contributed by atoms with Crippen LogP contribution in [0.4, 0.5) is 11.4 Å². The van der Waals surface area contributed by atoms with E-state index in [-0.39, 0.29) is 17.7 Å². The third-order valence-corrected chi connectivity index (χ3v) is 3.71. The van der Waals surface area contributed by atoms with Crippen molar-refractivity contribution >= 4 is 34.8 Å². The average Bonchev–Trinajstić information content (AvgIpc) is 2.78. The minimum Gasteiger partial charge on any atom is -0.326 e. The minimum absolute atomic E-state index is 0.00848. The van der Waals surface area contributed by atoms with E-state index in [0.717, 1.165) is 6.54 Å². The van der Waals surface area contributed by atoms with Gasteiger partial charge in [-0.15, -0.1) is 0 Å². The molecule has 1 heterocycles. The van der Waals surface area contributed by atoms with Crippen LogP contribution < -0.4 is 16.0 Å². The molecule has 0 unspecified atom stereocenters. The first-order chi connectivity index (χ1) is 9.47. The molecule has 2 atom stereocenters. The maximum atomic E-state index is 12.1. The third kappa shape index (κ3) is 3.49. The number of amides is 2. The molecule has 1 aromatic carbocycles.